The minimum Gasteiger partial charge on any atom is -0.352 e. The van der Waals surface area contributed by atoms with E-state index >= 15 is 0 Å². The number of quaternary nitrogens is 1. The van der Waals surface area contributed by atoms with Crippen LogP contribution in [0.2, 0.25) is 0 Å². The number of fused-ring (bicyclic) bond motifs is 1. The predicted molar refractivity (Wildman–Crippen MR) is 110 cm³/mol. The van der Waals surface area contributed by atoms with Crippen molar-refractivity contribution in [3.05, 3.63) is 75.8 Å². The van der Waals surface area contributed by atoms with Crippen molar-refractivity contribution < 1.29 is 9.69 Å². The Labute approximate surface area is 164 Å². The fraction of sp³-hybridized carbons (Fsp3) is 0.318. The van der Waals surface area contributed by atoms with Crippen LogP contribution in [0.25, 0.3) is 10.9 Å². The highest BCUT2D eigenvalue weighted by atomic mass is 16.1. The molecule has 0 radical (unpaired) electrons. The van der Waals surface area contributed by atoms with Crippen LogP contribution < -0.4 is 15.8 Å². The predicted octanol–water partition coefficient (Wildman–Crippen LogP) is 0.827. The fourth-order valence-corrected chi connectivity index (χ4v) is 3.19. The Morgan fingerprint density at radius 3 is 2.46 bits per heavy atom. The van der Waals surface area contributed by atoms with E-state index in [1.807, 2.05) is 30.3 Å². The molecule has 3 rings (SSSR count). The summed E-state index contributed by atoms with van der Waals surface area (Å²) >= 11 is 0. The molecule has 0 unspecified atom stereocenters. The third kappa shape index (κ3) is 4.84. The lowest BCUT2D eigenvalue weighted by Gasteiger charge is -2.10. The summed E-state index contributed by atoms with van der Waals surface area (Å²) in [4.78, 5) is 30.6. The summed E-state index contributed by atoms with van der Waals surface area (Å²) in [5.41, 5.74) is 2.93. The van der Waals surface area contributed by atoms with Crippen LogP contribution in [0.4, 0.5) is 0 Å². The van der Waals surface area contributed by atoms with Gasteiger partial charge in [0.2, 0.25) is 5.91 Å². The maximum atomic E-state index is 12.4. The first-order valence-corrected chi connectivity index (χ1v) is 9.52. The molecule has 1 amide bonds. The van der Waals surface area contributed by atoms with Gasteiger partial charge in [-0.2, -0.15) is 0 Å². The molecule has 0 spiro atoms. The SMILES string of the molecule is Cn1c(CCC(=O)NCc2ccc(C[NH+](C)C)cc2)nc2ccccc2c1=O. The summed E-state index contributed by atoms with van der Waals surface area (Å²) in [5.74, 6) is 0.568. The molecule has 0 aliphatic rings. The van der Waals surface area contributed by atoms with Gasteiger partial charge in [-0.05, 0) is 17.7 Å². The number of aromatic nitrogens is 2. The molecule has 0 aliphatic heterocycles. The number of amides is 1. The van der Waals surface area contributed by atoms with E-state index in [0.717, 1.165) is 12.1 Å². The summed E-state index contributed by atoms with van der Waals surface area (Å²) in [6.45, 7) is 1.47. The van der Waals surface area contributed by atoms with Crippen molar-refractivity contribution in [1.82, 2.24) is 14.9 Å². The van der Waals surface area contributed by atoms with E-state index in [2.05, 4.69) is 36.5 Å². The maximum Gasteiger partial charge on any atom is 0.261 e. The van der Waals surface area contributed by atoms with Crippen LogP contribution in [0.5, 0.6) is 0 Å². The summed E-state index contributed by atoms with van der Waals surface area (Å²) in [6, 6.07) is 15.6. The van der Waals surface area contributed by atoms with E-state index in [4.69, 9.17) is 0 Å². The van der Waals surface area contributed by atoms with Crippen molar-refractivity contribution in [2.24, 2.45) is 7.05 Å². The lowest BCUT2D eigenvalue weighted by atomic mass is 10.1. The van der Waals surface area contributed by atoms with Crippen LogP contribution in [-0.2, 0) is 31.4 Å². The smallest absolute Gasteiger partial charge is 0.261 e. The Morgan fingerprint density at radius 1 is 1.07 bits per heavy atom. The van der Waals surface area contributed by atoms with Crippen LogP contribution >= 0.6 is 0 Å². The van der Waals surface area contributed by atoms with Crippen LogP contribution in [0.3, 0.4) is 0 Å². The van der Waals surface area contributed by atoms with Gasteiger partial charge in [0.05, 0.1) is 25.0 Å². The van der Waals surface area contributed by atoms with Gasteiger partial charge in [-0.15, -0.1) is 0 Å². The first kappa shape index (κ1) is 19.8. The average molecular weight is 379 g/mol. The van der Waals surface area contributed by atoms with Gasteiger partial charge in [0.25, 0.3) is 5.56 Å². The summed E-state index contributed by atoms with van der Waals surface area (Å²) < 4.78 is 1.53. The first-order valence-electron chi connectivity index (χ1n) is 9.52. The second kappa shape index (κ2) is 8.80. The molecule has 2 aromatic carbocycles. The van der Waals surface area contributed by atoms with Crippen molar-refractivity contribution in [1.29, 1.82) is 0 Å². The zero-order valence-corrected chi connectivity index (χ0v) is 16.7. The fourth-order valence-electron chi connectivity index (χ4n) is 3.19. The second-order valence-electron chi connectivity index (χ2n) is 7.39. The van der Waals surface area contributed by atoms with Gasteiger partial charge in [-0.1, -0.05) is 36.4 Å². The number of nitrogens with zero attached hydrogens (tertiary/aromatic N) is 2. The first-order chi connectivity index (χ1) is 13.4. The number of aryl methyl sites for hydroxylation is 1. The molecule has 28 heavy (non-hydrogen) atoms. The molecular formula is C22H27N4O2+. The lowest BCUT2D eigenvalue weighted by molar-refractivity contribution is -0.872. The summed E-state index contributed by atoms with van der Waals surface area (Å²) in [6.07, 6.45) is 0.716. The van der Waals surface area contributed by atoms with Gasteiger partial charge in [-0.25, -0.2) is 4.98 Å². The van der Waals surface area contributed by atoms with Crippen LogP contribution in [0.1, 0.15) is 23.4 Å². The average Bonchev–Trinajstić information content (AvgIpc) is 2.68. The molecule has 6 nitrogen and oxygen atoms in total. The number of para-hydroxylation sites is 1. The van der Waals surface area contributed by atoms with Crippen molar-refractivity contribution >= 4 is 16.8 Å². The van der Waals surface area contributed by atoms with Crippen molar-refractivity contribution in [3.63, 3.8) is 0 Å². The van der Waals surface area contributed by atoms with Gasteiger partial charge in [0.1, 0.15) is 12.4 Å². The molecule has 0 saturated carbocycles. The van der Waals surface area contributed by atoms with E-state index in [-0.39, 0.29) is 11.5 Å². The Kier molecular flexibility index (Phi) is 6.21. The van der Waals surface area contributed by atoms with Gasteiger partial charge < -0.3 is 10.2 Å². The van der Waals surface area contributed by atoms with E-state index < -0.39 is 0 Å². The molecule has 0 bridgehead atoms. The monoisotopic (exact) mass is 379 g/mol. The highest BCUT2D eigenvalue weighted by molar-refractivity contribution is 5.78. The Hall–Kier alpha value is -2.99. The van der Waals surface area contributed by atoms with Crippen molar-refractivity contribution in [2.75, 3.05) is 14.1 Å². The molecule has 6 heteroatoms. The maximum absolute atomic E-state index is 12.4. The van der Waals surface area contributed by atoms with Crippen molar-refractivity contribution in [2.45, 2.75) is 25.9 Å². The minimum absolute atomic E-state index is 0.0516. The Morgan fingerprint density at radius 2 is 1.75 bits per heavy atom. The summed E-state index contributed by atoms with van der Waals surface area (Å²) in [7, 11) is 5.94. The number of carbonyl (C=O) groups is 1. The molecule has 0 fully saturated rings. The van der Waals surface area contributed by atoms with E-state index in [1.165, 1.54) is 15.0 Å². The van der Waals surface area contributed by atoms with Gasteiger partial charge >= 0.3 is 0 Å². The molecule has 146 valence electrons. The zero-order valence-electron chi connectivity index (χ0n) is 16.7. The largest absolute Gasteiger partial charge is 0.352 e. The molecule has 0 saturated heterocycles. The lowest BCUT2D eigenvalue weighted by Crippen LogP contribution is -3.04. The molecule has 1 aromatic heterocycles. The molecule has 3 aromatic rings. The second-order valence-corrected chi connectivity index (χ2v) is 7.39. The highest BCUT2D eigenvalue weighted by Crippen LogP contribution is 2.08. The normalized spacial score (nSPS) is 11.1. The van der Waals surface area contributed by atoms with Gasteiger partial charge in [0, 0.05) is 32.0 Å². The molecule has 2 N–H and O–H groups in total. The minimum atomic E-state index is -0.0827. The number of nitrogens with one attached hydrogen (secondary N) is 2. The summed E-state index contributed by atoms with van der Waals surface area (Å²) in [5, 5.41) is 3.54. The standard InChI is InChI=1S/C22H26N4O2/c1-25(2)15-17-10-8-16(9-11-17)14-23-21(27)13-12-20-24-19-7-5-4-6-18(19)22(28)26(20)3/h4-11H,12-15H2,1-3H3,(H,23,27)/p+1. The zero-order chi connectivity index (χ0) is 20.1. The quantitative estimate of drug-likeness (QED) is 0.639. The van der Waals surface area contributed by atoms with E-state index in [9.17, 15) is 9.59 Å². The van der Waals surface area contributed by atoms with Crippen LogP contribution in [0.15, 0.2) is 53.3 Å². The molecular weight excluding hydrogens is 352 g/mol. The van der Waals surface area contributed by atoms with E-state index in [1.54, 1.807) is 13.1 Å². The number of benzene rings is 2. The van der Waals surface area contributed by atoms with Crippen molar-refractivity contribution in [3.8, 4) is 0 Å². The third-order valence-corrected chi connectivity index (χ3v) is 4.72. The number of rotatable bonds is 7. The van der Waals surface area contributed by atoms with Gasteiger partial charge in [-0.3, -0.25) is 14.2 Å². The number of hydrogen-bond donors (Lipinski definition) is 2. The van der Waals surface area contributed by atoms with Crippen LogP contribution in [-0.4, -0.2) is 29.6 Å². The highest BCUT2D eigenvalue weighted by Gasteiger charge is 2.10. The van der Waals surface area contributed by atoms with Crippen LogP contribution in [0, 0.1) is 0 Å². The number of carbonyl (C=O) groups excluding carboxylic acids is 1. The Balaban J connectivity index is 1.57. The molecule has 0 aliphatic carbocycles. The van der Waals surface area contributed by atoms with E-state index in [0.29, 0.717) is 36.1 Å². The number of hydrogen-bond acceptors (Lipinski definition) is 3. The molecule has 1 heterocycles. The molecule has 0 atom stereocenters. The Bertz CT molecular complexity index is 1020. The topological polar surface area (TPSA) is 68.4 Å². The van der Waals surface area contributed by atoms with Gasteiger partial charge in [0.15, 0.2) is 0 Å². The third-order valence-electron chi connectivity index (χ3n) is 4.72.